The molecule has 9 nitrogen and oxygen atoms in total. The highest BCUT2D eigenvalue weighted by atomic mass is 16.5. The second-order valence-corrected chi connectivity index (χ2v) is 7.77. The fourth-order valence-corrected chi connectivity index (χ4v) is 3.67. The van der Waals surface area contributed by atoms with Crippen molar-refractivity contribution in [3.8, 4) is 11.5 Å². The van der Waals surface area contributed by atoms with E-state index in [0.29, 0.717) is 53.3 Å². The first-order valence-electron chi connectivity index (χ1n) is 11.3. The number of aromatic nitrogens is 3. The van der Waals surface area contributed by atoms with Crippen LogP contribution in [0.4, 0.5) is 0 Å². The molecule has 35 heavy (non-hydrogen) atoms. The summed E-state index contributed by atoms with van der Waals surface area (Å²) in [7, 11) is 0. The van der Waals surface area contributed by atoms with Crippen LogP contribution in [0.5, 0.6) is 11.5 Å². The van der Waals surface area contributed by atoms with E-state index in [1.807, 2.05) is 26.0 Å². The second-order valence-electron chi connectivity index (χ2n) is 7.77. The zero-order valence-electron chi connectivity index (χ0n) is 19.5. The third kappa shape index (κ3) is 5.40. The minimum atomic E-state index is -0.535. The van der Waals surface area contributed by atoms with Crippen LogP contribution >= 0.6 is 0 Å². The zero-order valence-corrected chi connectivity index (χ0v) is 19.5. The second kappa shape index (κ2) is 10.7. The van der Waals surface area contributed by atoms with Crippen LogP contribution in [-0.2, 0) is 13.1 Å². The standard InChI is InChI=1S/C26H26N4O5/c1-3-34-22-12-20-21(13-23(22)35-4-2)29-26(33)30(25(20)32)16-17-7-9-19(10-8-17)24(31)28-15-18-6-5-11-27-14-18/h5-14H,3-4,15-16H2,1-2H3,(H,28,31)(H,29,33). The van der Waals surface area contributed by atoms with Crippen molar-refractivity contribution in [2.45, 2.75) is 26.9 Å². The van der Waals surface area contributed by atoms with Gasteiger partial charge in [0.25, 0.3) is 11.5 Å². The minimum Gasteiger partial charge on any atom is -0.490 e. The molecule has 0 fully saturated rings. The van der Waals surface area contributed by atoms with E-state index in [4.69, 9.17) is 9.47 Å². The van der Waals surface area contributed by atoms with E-state index >= 15 is 0 Å². The van der Waals surface area contributed by atoms with E-state index in [9.17, 15) is 14.4 Å². The summed E-state index contributed by atoms with van der Waals surface area (Å²) in [6.45, 7) is 4.93. The van der Waals surface area contributed by atoms with Gasteiger partial charge in [0, 0.05) is 30.6 Å². The number of carbonyl (C=O) groups is 1. The number of fused-ring (bicyclic) bond motifs is 1. The molecular weight excluding hydrogens is 448 g/mol. The van der Waals surface area contributed by atoms with Crippen LogP contribution in [-0.4, -0.2) is 33.7 Å². The van der Waals surface area contributed by atoms with Gasteiger partial charge in [0.05, 0.1) is 30.7 Å². The molecule has 1 amide bonds. The Morgan fingerprint density at radius 2 is 1.71 bits per heavy atom. The number of ether oxygens (including phenoxy) is 2. The number of nitrogens with zero attached hydrogens (tertiary/aromatic N) is 2. The fourth-order valence-electron chi connectivity index (χ4n) is 3.67. The van der Waals surface area contributed by atoms with Crippen molar-refractivity contribution < 1.29 is 14.3 Å². The maximum absolute atomic E-state index is 13.2. The van der Waals surface area contributed by atoms with Crippen molar-refractivity contribution in [3.63, 3.8) is 0 Å². The molecule has 0 saturated carbocycles. The third-order valence-electron chi connectivity index (χ3n) is 5.38. The average molecular weight is 475 g/mol. The molecule has 0 saturated heterocycles. The smallest absolute Gasteiger partial charge is 0.329 e. The van der Waals surface area contributed by atoms with Crippen molar-refractivity contribution in [2.75, 3.05) is 13.2 Å². The van der Waals surface area contributed by atoms with E-state index in [2.05, 4.69) is 15.3 Å². The van der Waals surface area contributed by atoms with Gasteiger partial charge in [-0.05, 0) is 49.2 Å². The number of benzene rings is 2. The highest BCUT2D eigenvalue weighted by Gasteiger charge is 2.14. The Balaban J connectivity index is 1.55. The van der Waals surface area contributed by atoms with Crippen molar-refractivity contribution in [3.05, 3.63) is 98.5 Å². The molecule has 0 aliphatic carbocycles. The Hall–Kier alpha value is -4.40. The van der Waals surface area contributed by atoms with Gasteiger partial charge in [-0.3, -0.25) is 19.1 Å². The summed E-state index contributed by atoms with van der Waals surface area (Å²) < 4.78 is 12.3. The number of aromatic amines is 1. The molecule has 0 atom stereocenters. The lowest BCUT2D eigenvalue weighted by Gasteiger charge is -2.13. The number of rotatable bonds is 9. The Morgan fingerprint density at radius 3 is 2.37 bits per heavy atom. The lowest BCUT2D eigenvalue weighted by molar-refractivity contribution is 0.0951. The molecule has 0 aliphatic rings. The summed E-state index contributed by atoms with van der Waals surface area (Å²) in [6.07, 6.45) is 3.36. The maximum atomic E-state index is 13.2. The first-order chi connectivity index (χ1) is 17.0. The molecule has 2 aromatic heterocycles. The fraction of sp³-hybridized carbons (Fsp3) is 0.231. The molecule has 4 rings (SSSR count). The summed E-state index contributed by atoms with van der Waals surface area (Å²) >= 11 is 0. The zero-order chi connectivity index (χ0) is 24.8. The van der Waals surface area contributed by atoms with Gasteiger partial charge >= 0.3 is 5.69 Å². The lowest BCUT2D eigenvalue weighted by Crippen LogP contribution is -2.35. The van der Waals surface area contributed by atoms with Gasteiger partial charge < -0.3 is 19.8 Å². The number of H-pyrrole nitrogens is 1. The molecule has 4 aromatic rings. The first-order valence-corrected chi connectivity index (χ1v) is 11.3. The molecular formula is C26H26N4O5. The summed E-state index contributed by atoms with van der Waals surface area (Å²) in [5.41, 5.74) is 1.48. The average Bonchev–Trinajstić information content (AvgIpc) is 2.87. The summed E-state index contributed by atoms with van der Waals surface area (Å²) in [6, 6.07) is 13.7. The van der Waals surface area contributed by atoms with Crippen molar-refractivity contribution >= 4 is 16.8 Å². The predicted octanol–water partition coefficient (Wildman–Crippen LogP) is 2.86. The number of hydrogen-bond donors (Lipinski definition) is 2. The van der Waals surface area contributed by atoms with Gasteiger partial charge in [-0.15, -0.1) is 0 Å². The normalized spacial score (nSPS) is 10.8. The first kappa shape index (κ1) is 23.7. The van der Waals surface area contributed by atoms with Crippen LogP contribution in [0, 0.1) is 0 Å². The van der Waals surface area contributed by atoms with E-state index in [1.54, 1.807) is 48.8 Å². The lowest BCUT2D eigenvalue weighted by atomic mass is 10.1. The molecule has 2 aromatic carbocycles. The number of carbonyl (C=O) groups excluding carboxylic acids is 1. The van der Waals surface area contributed by atoms with E-state index in [0.717, 1.165) is 10.1 Å². The monoisotopic (exact) mass is 474 g/mol. The molecule has 0 bridgehead atoms. The van der Waals surface area contributed by atoms with Gasteiger partial charge in [0.1, 0.15) is 0 Å². The van der Waals surface area contributed by atoms with Crippen LogP contribution in [0.15, 0.2) is 70.5 Å². The van der Waals surface area contributed by atoms with Gasteiger partial charge in [-0.1, -0.05) is 18.2 Å². The maximum Gasteiger partial charge on any atom is 0.329 e. The number of pyridine rings is 1. The van der Waals surface area contributed by atoms with Crippen LogP contribution < -0.4 is 26.0 Å². The van der Waals surface area contributed by atoms with Crippen molar-refractivity contribution in [1.29, 1.82) is 0 Å². The molecule has 180 valence electrons. The van der Waals surface area contributed by atoms with E-state index in [1.165, 1.54) is 0 Å². The minimum absolute atomic E-state index is 0.0544. The molecule has 2 N–H and O–H groups in total. The van der Waals surface area contributed by atoms with Gasteiger partial charge in [0.2, 0.25) is 0 Å². The summed E-state index contributed by atoms with van der Waals surface area (Å²) in [4.78, 5) is 45.1. The Labute approximate surface area is 201 Å². The number of hydrogen-bond acceptors (Lipinski definition) is 6. The van der Waals surface area contributed by atoms with Crippen LogP contribution in [0.25, 0.3) is 10.9 Å². The molecule has 0 aliphatic heterocycles. The Kier molecular flexibility index (Phi) is 7.25. The van der Waals surface area contributed by atoms with Crippen molar-refractivity contribution in [1.82, 2.24) is 19.9 Å². The number of amides is 1. The quantitative estimate of drug-likeness (QED) is 0.386. The summed E-state index contributed by atoms with van der Waals surface area (Å²) in [5, 5.41) is 3.16. The molecule has 0 spiro atoms. The predicted molar refractivity (Wildman–Crippen MR) is 132 cm³/mol. The van der Waals surface area contributed by atoms with Crippen LogP contribution in [0.1, 0.15) is 35.3 Å². The van der Waals surface area contributed by atoms with Gasteiger partial charge in [-0.2, -0.15) is 0 Å². The Morgan fingerprint density at radius 1 is 1.00 bits per heavy atom. The number of nitrogens with one attached hydrogen (secondary N) is 2. The van der Waals surface area contributed by atoms with Gasteiger partial charge in [0.15, 0.2) is 11.5 Å². The molecule has 9 heteroatoms. The highest BCUT2D eigenvalue weighted by Crippen LogP contribution is 2.30. The van der Waals surface area contributed by atoms with Gasteiger partial charge in [-0.25, -0.2) is 4.79 Å². The molecule has 0 unspecified atom stereocenters. The van der Waals surface area contributed by atoms with Crippen molar-refractivity contribution in [2.24, 2.45) is 0 Å². The highest BCUT2D eigenvalue weighted by molar-refractivity contribution is 5.94. The Bertz CT molecular complexity index is 1440. The SMILES string of the molecule is CCOc1cc2[nH]c(=O)n(Cc3ccc(C(=O)NCc4cccnc4)cc3)c(=O)c2cc1OCC. The van der Waals surface area contributed by atoms with E-state index in [-0.39, 0.29) is 12.5 Å². The third-order valence-corrected chi connectivity index (χ3v) is 5.38. The molecule has 0 radical (unpaired) electrons. The van der Waals surface area contributed by atoms with Crippen LogP contribution in [0.2, 0.25) is 0 Å². The van der Waals surface area contributed by atoms with Crippen LogP contribution in [0.3, 0.4) is 0 Å². The largest absolute Gasteiger partial charge is 0.490 e. The van der Waals surface area contributed by atoms with E-state index < -0.39 is 11.2 Å². The molecule has 2 heterocycles. The summed E-state index contributed by atoms with van der Waals surface area (Å²) in [5.74, 6) is 0.681. The topological polar surface area (TPSA) is 115 Å².